The Balaban J connectivity index is 2.19. The molecule has 0 amide bonds. The lowest BCUT2D eigenvalue weighted by Crippen LogP contribution is -2.03. The Labute approximate surface area is 99.4 Å². The smallest absolute Gasteiger partial charge is 0.203 e. The molecule has 17 heavy (non-hydrogen) atoms. The van der Waals surface area contributed by atoms with Gasteiger partial charge in [-0.1, -0.05) is 0 Å². The second kappa shape index (κ2) is 4.37. The molecule has 0 unspecified atom stereocenters. The lowest BCUT2D eigenvalue weighted by molar-refractivity contribution is 0.103. The highest BCUT2D eigenvalue weighted by molar-refractivity contribution is 6.05. The van der Waals surface area contributed by atoms with E-state index in [0.29, 0.717) is 5.69 Å². The maximum absolute atomic E-state index is 11.8. The van der Waals surface area contributed by atoms with E-state index in [1.807, 2.05) is 20.2 Å². The van der Waals surface area contributed by atoms with Crippen LogP contribution in [0.5, 0.6) is 0 Å². The number of aromatic nitrogens is 4. The minimum atomic E-state index is -0.0618. The Bertz CT molecular complexity index is 577. The topological polar surface area (TPSA) is 52.7 Å². The first-order chi connectivity index (χ1) is 8.08. The molecular formula is C12H14N4O. The third-order valence-corrected chi connectivity index (χ3v) is 2.54. The van der Waals surface area contributed by atoms with E-state index in [4.69, 9.17) is 0 Å². The quantitative estimate of drug-likeness (QED) is 0.591. The highest BCUT2D eigenvalue weighted by Crippen LogP contribution is 2.08. The molecule has 2 heterocycles. The highest BCUT2D eigenvalue weighted by Gasteiger charge is 2.06. The first-order valence-electron chi connectivity index (χ1n) is 5.28. The Morgan fingerprint density at radius 3 is 2.71 bits per heavy atom. The van der Waals surface area contributed by atoms with Gasteiger partial charge in [0, 0.05) is 32.1 Å². The van der Waals surface area contributed by atoms with E-state index in [0.717, 1.165) is 11.3 Å². The third kappa shape index (κ3) is 2.33. The fourth-order valence-corrected chi connectivity index (χ4v) is 1.65. The maximum Gasteiger partial charge on any atom is 0.203 e. The first kappa shape index (κ1) is 11.3. The van der Waals surface area contributed by atoms with Gasteiger partial charge in [0.1, 0.15) is 5.69 Å². The summed E-state index contributed by atoms with van der Waals surface area (Å²) in [5.41, 5.74) is 2.42. The molecule has 0 radical (unpaired) electrons. The zero-order chi connectivity index (χ0) is 12.4. The Kier molecular flexibility index (Phi) is 2.91. The summed E-state index contributed by atoms with van der Waals surface area (Å²) in [4.78, 5) is 11.8. The van der Waals surface area contributed by atoms with Gasteiger partial charge in [-0.05, 0) is 25.1 Å². The number of rotatable bonds is 3. The molecule has 0 aliphatic rings. The van der Waals surface area contributed by atoms with Crippen molar-refractivity contribution in [1.82, 2.24) is 19.6 Å². The van der Waals surface area contributed by atoms with Crippen molar-refractivity contribution in [2.24, 2.45) is 14.1 Å². The summed E-state index contributed by atoms with van der Waals surface area (Å²) in [5, 5.41) is 8.17. The summed E-state index contributed by atoms with van der Waals surface area (Å²) in [5.74, 6) is -0.0618. The molecule has 5 heteroatoms. The predicted molar refractivity (Wildman–Crippen MR) is 64.5 cm³/mol. The van der Waals surface area contributed by atoms with Crippen molar-refractivity contribution >= 4 is 11.9 Å². The van der Waals surface area contributed by atoms with E-state index >= 15 is 0 Å². The van der Waals surface area contributed by atoms with Crippen LogP contribution in [0, 0.1) is 6.92 Å². The van der Waals surface area contributed by atoms with Crippen molar-refractivity contribution in [1.29, 1.82) is 0 Å². The lowest BCUT2D eigenvalue weighted by atomic mass is 10.2. The predicted octanol–water partition coefficient (Wildman–Crippen LogP) is 1.36. The van der Waals surface area contributed by atoms with E-state index in [1.165, 1.54) is 0 Å². The zero-order valence-electron chi connectivity index (χ0n) is 10.1. The Morgan fingerprint density at radius 1 is 1.41 bits per heavy atom. The average Bonchev–Trinajstić information content (AvgIpc) is 2.81. The molecular weight excluding hydrogens is 216 g/mol. The summed E-state index contributed by atoms with van der Waals surface area (Å²) < 4.78 is 3.28. The number of carbonyl (C=O) groups is 1. The Morgan fingerprint density at radius 2 is 2.18 bits per heavy atom. The number of nitrogens with zero attached hydrogens (tertiary/aromatic N) is 4. The van der Waals surface area contributed by atoms with Gasteiger partial charge in [0.2, 0.25) is 5.78 Å². The molecule has 0 saturated heterocycles. The fourth-order valence-electron chi connectivity index (χ4n) is 1.65. The van der Waals surface area contributed by atoms with E-state index in [9.17, 15) is 4.79 Å². The molecule has 0 spiro atoms. The van der Waals surface area contributed by atoms with Gasteiger partial charge in [-0.3, -0.25) is 14.2 Å². The zero-order valence-corrected chi connectivity index (χ0v) is 10.1. The monoisotopic (exact) mass is 230 g/mol. The second-order valence-corrected chi connectivity index (χ2v) is 3.88. The molecule has 88 valence electrons. The number of allylic oxidation sites excluding steroid dienone is 1. The minimum Gasteiger partial charge on any atom is -0.288 e. The number of ketones is 1. The van der Waals surface area contributed by atoms with E-state index < -0.39 is 0 Å². The van der Waals surface area contributed by atoms with Gasteiger partial charge in [-0.15, -0.1) is 0 Å². The largest absolute Gasteiger partial charge is 0.288 e. The molecule has 0 atom stereocenters. The second-order valence-electron chi connectivity index (χ2n) is 3.88. The summed E-state index contributed by atoms with van der Waals surface area (Å²) in [7, 11) is 3.60. The van der Waals surface area contributed by atoms with Crippen LogP contribution >= 0.6 is 0 Å². The lowest BCUT2D eigenvalue weighted by Gasteiger charge is -1.95. The molecule has 5 nitrogen and oxygen atoms in total. The third-order valence-electron chi connectivity index (χ3n) is 2.54. The van der Waals surface area contributed by atoms with Crippen LogP contribution in [0.2, 0.25) is 0 Å². The number of aryl methyl sites for hydroxylation is 3. The average molecular weight is 230 g/mol. The van der Waals surface area contributed by atoms with Gasteiger partial charge in [-0.25, -0.2) is 0 Å². The molecule has 2 aromatic rings. The summed E-state index contributed by atoms with van der Waals surface area (Å²) >= 11 is 0. The molecule has 0 N–H and O–H groups in total. The van der Waals surface area contributed by atoms with Crippen LogP contribution in [0.1, 0.15) is 21.7 Å². The van der Waals surface area contributed by atoms with Gasteiger partial charge < -0.3 is 0 Å². The standard InChI is InChI=1S/C12H14N4O/c1-9-10(8-15(2)14-9)4-5-12(17)11-6-7-13-16(11)3/h4-8H,1-3H3/b5-4+. The van der Waals surface area contributed by atoms with Gasteiger partial charge >= 0.3 is 0 Å². The molecule has 0 aromatic carbocycles. The van der Waals surface area contributed by atoms with Crippen LogP contribution in [0.3, 0.4) is 0 Å². The van der Waals surface area contributed by atoms with E-state index in [-0.39, 0.29) is 5.78 Å². The van der Waals surface area contributed by atoms with Crippen molar-refractivity contribution in [3.63, 3.8) is 0 Å². The normalized spacial score (nSPS) is 11.2. The van der Waals surface area contributed by atoms with Crippen molar-refractivity contribution < 1.29 is 4.79 Å². The van der Waals surface area contributed by atoms with Crippen LogP contribution in [-0.4, -0.2) is 25.3 Å². The number of carbonyl (C=O) groups excluding carboxylic acids is 1. The SMILES string of the molecule is Cc1nn(C)cc1/C=C/C(=O)c1ccnn1C. The van der Waals surface area contributed by atoms with Crippen molar-refractivity contribution in [2.45, 2.75) is 6.92 Å². The maximum atomic E-state index is 11.8. The highest BCUT2D eigenvalue weighted by atomic mass is 16.1. The molecule has 2 aromatic heterocycles. The van der Waals surface area contributed by atoms with E-state index in [1.54, 1.807) is 40.8 Å². The van der Waals surface area contributed by atoms with Crippen LogP contribution in [0.4, 0.5) is 0 Å². The van der Waals surface area contributed by atoms with Crippen LogP contribution in [-0.2, 0) is 14.1 Å². The molecule has 0 saturated carbocycles. The first-order valence-corrected chi connectivity index (χ1v) is 5.28. The fraction of sp³-hybridized carbons (Fsp3) is 0.250. The molecule has 0 aliphatic carbocycles. The molecule has 2 rings (SSSR count). The van der Waals surface area contributed by atoms with Gasteiger partial charge in [0.25, 0.3) is 0 Å². The van der Waals surface area contributed by atoms with Crippen LogP contribution in [0.25, 0.3) is 6.08 Å². The number of hydrogen-bond acceptors (Lipinski definition) is 3. The number of hydrogen-bond donors (Lipinski definition) is 0. The Hall–Kier alpha value is -2.17. The summed E-state index contributed by atoms with van der Waals surface area (Å²) in [6.07, 6.45) is 6.80. The molecule has 0 bridgehead atoms. The van der Waals surface area contributed by atoms with Crippen LogP contribution < -0.4 is 0 Å². The van der Waals surface area contributed by atoms with Gasteiger partial charge in [-0.2, -0.15) is 10.2 Å². The summed E-state index contributed by atoms with van der Waals surface area (Å²) in [6, 6.07) is 1.70. The molecule has 0 fully saturated rings. The van der Waals surface area contributed by atoms with Gasteiger partial charge in [0.15, 0.2) is 0 Å². The molecule has 0 aliphatic heterocycles. The van der Waals surface area contributed by atoms with Crippen molar-refractivity contribution in [2.75, 3.05) is 0 Å². The minimum absolute atomic E-state index is 0.0618. The van der Waals surface area contributed by atoms with E-state index in [2.05, 4.69) is 10.2 Å². The summed E-state index contributed by atoms with van der Waals surface area (Å²) in [6.45, 7) is 1.91. The van der Waals surface area contributed by atoms with Crippen molar-refractivity contribution in [3.05, 3.63) is 41.5 Å². The van der Waals surface area contributed by atoms with Gasteiger partial charge in [0.05, 0.1) is 5.69 Å². The van der Waals surface area contributed by atoms with Crippen molar-refractivity contribution in [3.8, 4) is 0 Å². The van der Waals surface area contributed by atoms with Crippen LogP contribution in [0.15, 0.2) is 24.5 Å².